The van der Waals surface area contributed by atoms with Gasteiger partial charge < -0.3 is 15.2 Å². The summed E-state index contributed by atoms with van der Waals surface area (Å²) in [5.41, 5.74) is 1.56. The second kappa shape index (κ2) is 10.6. The number of amides is 1. The Labute approximate surface area is 197 Å². The highest BCUT2D eigenvalue weighted by Gasteiger charge is 2.13. The van der Waals surface area contributed by atoms with Crippen LogP contribution in [0.2, 0.25) is 5.02 Å². The zero-order valence-corrected chi connectivity index (χ0v) is 18.9. The lowest BCUT2D eigenvalue weighted by atomic mass is 10.1. The van der Waals surface area contributed by atoms with Gasteiger partial charge in [0.25, 0.3) is 5.91 Å². The average molecular weight is 512 g/mol. The maximum Gasteiger partial charge on any atom is 0.335 e. The number of nitrogens with one attached hydrogen (secondary N) is 1. The molecule has 2 N–H and O–H groups in total. The van der Waals surface area contributed by atoms with Gasteiger partial charge in [-0.15, -0.1) is 0 Å². The third kappa shape index (κ3) is 6.20. The van der Waals surface area contributed by atoms with Crippen molar-refractivity contribution in [2.45, 2.75) is 6.61 Å². The van der Waals surface area contributed by atoms with E-state index in [1.165, 1.54) is 24.3 Å². The van der Waals surface area contributed by atoms with Gasteiger partial charge in [-0.3, -0.25) is 4.79 Å². The first-order valence-electron chi connectivity index (χ1n) is 9.29. The summed E-state index contributed by atoms with van der Waals surface area (Å²) in [5, 5.41) is 21.8. The van der Waals surface area contributed by atoms with Crippen molar-refractivity contribution in [2.24, 2.45) is 0 Å². The molecule has 0 radical (unpaired) electrons. The molecule has 0 atom stereocenters. The zero-order chi connectivity index (χ0) is 23.1. The van der Waals surface area contributed by atoms with E-state index in [1.807, 2.05) is 18.2 Å². The molecule has 0 aliphatic rings. The molecule has 3 aromatic carbocycles. The van der Waals surface area contributed by atoms with E-state index in [0.29, 0.717) is 16.3 Å². The van der Waals surface area contributed by atoms with Crippen LogP contribution >= 0.6 is 27.5 Å². The Morgan fingerprint density at radius 2 is 1.88 bits per heavy atom. The van der Waals surface area contributed by atoms with E-state index in [9.17, 15) is 14.9 Å². The summed E-state index contributed by atoms with van der Waals surface area (Å²) in [5.74, 6) is -1.30. The topological polar surface area (TPSA) is 99.4 Å². The monoisotopic (exact) mass is 510 g/mol. The fraction of sp³-hybridized carbons (Fsp3) is 0.0417. The number of hydrogen-bond donors (Lipinski definition) is 2. The molecule has 0 heterocycles. The number of nitriles is 1. The maximum atomic E-state index is 12.6. The molecule has 1 amide bonds. The molecule has 0 aromatic heterocycles. The summed E-state index contributed by atoms with van der Waals surface area (Å²) < 4.78 is 6.63. The zero-order valence-electron chi connectivity index (χ0n) is 16.5. The molecule has 3 aromatic rings. The fourth-order valence-electron chi connectivity index (χ4n) is 2.74. The van der Waals surface area contributed by atoms with Crippen LogP contribution in [0.1, 0.15) is 21.5 Å². The number of carbonyl (C=O) groups excluding carboxylic acids is 1. The van der Waals surface area contributed by atoms with E-state index in [0.717, 1.165) is 10.0 Å². The van der Waals surface area contributed by atoms with Crippen LogP contribution < -0.4 is 10.1 Å². The normalized spacial score (nSPS) is 10.8. The van der Waals surface area contributed by atoms with E-state index in [-0.39, 0.29) is 23.4 Å². The quantitative estimate of drug-likeness (QED) is 0.303. The first-order valence-corrected chi connectivity index (χ1v) is 10.5. The molecule has 0 saturated heterocycles. The van der Waals surface area contributed by atoms with Gasteiger partial charge in [0.2, 0.25) is 0 Å². The highest BCUT2D eigenvalue weighted by atomic mass is 79.9. The van der Waals surface area contributed by atoms with Gasteiger partial charge in [-0.1, -0.05) is 45.7 Å². The number of ether oxygens (including phenoxy) is 1. The van der Waals surface area contributed by atoms with Crippen molar-refractivity contribution in [1.29, 1.82) is 5.26 Å². The lowest BCUT2D eigenvalue weighted by Gasteiger charge is -2.11. The minimum absolute atomic E-state index is 0.0233. The van der Waals surface area contributed by atoms with Crippen LogP contribution in [0.4, 0.5) is 5.69 Å². The number of hydrogen-bond acceptors (Lipinski definition) is 4. The van der Waals surface area contributed by atoms with Crippen LogP contribution in [0.5, 0.6) is 5.75 Å². The molecular formula is C24H16BrClN2O4. The number of nitrogens with zero attached hydrogens (tertiary/aromatic N) is 1. The number of rotatable bonds is 7. The number of halogens is 2. The molecule has 6 nitrogen and oxygen atoms in total. The van der Waals surface area contributed by atoms with Crippen LogP contribution in [0, 0.1) is 11.3 Å². The largest absolute Gasteiger partial charge is 0.488 e. The SMILES string of the molecule is N#C/C(=C/c1cc(Br)ccc1OCc1ccc(Cl)cc1)C(=O)Nc1cccc(C(=O)O)c1. The summed E-state index contributed by atoms with van der Waals surface area (Å²) in [6.07, 6.45) is 1.42. The van der Waals surface area contributed by atoms with Gasteiger partial charge in [-0.05, 0) is 60.2 Å². The highest BCUT2D eigenvalue weighted by molar-refractivity contribution is 9.10. The number of carbonyl (C=O) groups is 2. The van der Waals surface area contributed by atoms with E-state index >= 15 is 0 Å². The molecule has 0 aliphatic carbocycles. The number of anilines is 1. The van der Waals surface area contributed by atoms with Crippen LogP contribution in [0.15, 0.2) is 76.8 Å². The Balaban J connectivity index is 1.82. The van der Waals surface area contributed by atoms with Crippen molar-refractivity contribution >= 4 is 51.2 Å². The van der Waals surface area contributed by atoms with Gasteiger partial charge in [-0.2, -0.15) is 5.26 Å². The first-order chi connectivity index (χ1) is 15.4. The average Bonchev–Trinajstić information content (AvgIpc) is 2.78. The van der Waals surface area contributed by atoms with Crippen molar-refractivity contribution in [1.82, 2.24) is 0 Å². The minimum atomic E-state index is -1.12. The van der Waals surface area contributed by atoms with Crippen molar-refractivity contribution < 1.29 is 19.4 Å². The highest BCUT2D eigenvalue weighted by Crippen LogP contribution is 2.27. The van der Waals surface area contributed by atoms with Gasteiger partial charge in [0, 0.05) is 20.7 Å². The predicted octanol–water partition coefficient (Wildman–Crippen LogP) is 5.93. The smallest absolute Gasteiger partial charge is 0.335 e. The summed E-state index contributed by atoms with van der Waals surface area (Å²) >= 11 is 9.29. The summed E-state index contributed by atoms with van der Waals surface area (Å²) in [6.45, 7) is 0.274. The van der Waals surface area contributed by atoms with Gasteiger partial charge >= 0.3 is 5.97 Å². The third-order valence-corrected chi connectivity index (χ3v) is 5.06. The lowest BCUT2D eigenvalue weighted by Crippen LogP contribution is -2.14. The molecule has 0 unspecified atom stereocenters. The molecule has 0 spiro atoms. The molecule has 32 heavy (non-hydrogen) atoms. The van der Waals surface area contributed by atoms with Crippen molar-refractivity contribution in [3.8, 4) is 11.8 Å². The predicted molar refractivity (Wildman–Crippen MR) is 126 cm³/mol. The molecule has 3 rings (SSSR count). The third-order valence-electron chi connectivity index (χ3n) is 4.31. The van der Waals surface area contributed by atoms with E-state index in [2.05, 4.69) is 21.2 Å². The molecule has 0 fully saturated rings. The lowest BCUT2D eigenvalue weighted by molar-refractivity contribution is -0.112. The van der Waals surface area contributed by atoms with Crippen LogP contribution in [-0.4, -0.2) is 17.0 Å². The van der Waals surface area contributed by atoms with Gasteiger partial charge in [0.1, 0.15) is 24.0 Å². The Bertz CT molecular complexity index is 1230. The summed E-state index contributed by atoms with van der Waals surface area (Å²) in [4.78, 5) is 23.7. The van der Waals surface area contributed by atoms with Crippen LogP contribution in [-0.2, 0) is 11.4 Å². The molecule has 0 saturated carbocycles. The second-order valence-electron chi connectivity index (χ2n) is 6.61. The van der Waals surface area contributed by atoms with E-state index in [1.54, 1.807) is 36.4 Å². The standard InChI is InChI=1S/C24H16BrClN2O4/c25-19-6-9-22(32-14-15-4-7-20(26)8-5-15)17(11-19)10-18(13-27)23(29)28-21-3-1-2-16(12-21)24(30)31/h1-12H,14H2,(H,28,29)(H,30,31)/b18-10-. The van der Waals surface area contributed by atoms with Gasteiger partial charge in [0.05, 0.1) is 5.56 Å². The van der Waals surface area contributed by atoms with Crippen molar-refractivity contribution in [3.05, 3.63) is 98.5 Å². The second-order valence-corrected chi connectivity index (χ2v) is 7.96. The van der Waals surface area contributed by atoms with Gasteiger partial charge in [-0.25, -0.2) is 4.79 Å². The number of carboxylic acid groups (broad SMARTS) is 1. The van der Waals surface area contributed by atoms with E-state index < -0.39 is 11.9 Å². The Kier molecular flexibility index (Phi) is 7.66. The number of benzene rings is 3. The van der Waals surface area contributed by atoms with Gasteiger partial charge in [0.15, 0.2) is 0 Å². The molecule has 8 heteroatoms. The Morgan fingerprint density at radius 1 is 1.12 bits per heavy atom. The minimum Gasteiger partial charge on any atom is -0.488 e. The summed E-state index contributed by atoms with van der Waals surface area (Å²) in [6, 6.07) is 20.1. The first kappa shape index (κ1) is 23.1. The van der Waals surface area contributed by atoms with Crippen LogP contribution in [0.3, 0.4) is 0 Å². The van der Waals surface area contributed by atoms with Crippen LogP contribution in [0.25, 0.3) is 6.08 Å². The summed E-state index contributed by atoms with van der Waals surface area (Å²) in [7, 11) is 0. The Hall–Kier alpha value is -3.60. The molecule has 0 bridgehead atoms. The van der Waals surface area contributed by atoms with Crippen molar-refractivity contribution in [3.63, 3.8) is 0 Å². The molecular weight excluding hydrogens is 496 g/mol. The van der Waals surface area contributed by atoms with E-state index in [4.69, 9.17) is 21.4 Å². The fourth-order valence-corrected chi connectivity index (χ4v) is 3.24. The van der Waals surface area contributed by atoms with Crippen molar-refractivity contribution in [2.75, 3.05) is 5.32 Å². The number of carboxylic acids is 1. The Morgan fingerprint density at radius 3 is 2.56 bits per heavy atom. The number of aromatic carboxylic acids is 1. The molecule has 160 valence electrons. The molecule has 0 aliphatic heterocycles. The maximum absolute atomic E-state index is 12.6.